The van der Waals surface area contributed by atoms with Crippen LogP contribution in [0, 0.1) is 0 Å². The highest BCUT2D eigenvalue weighted by Crippen LogP contribution is 2.29. The van der Waals surface area contributed by atoms with E-state index >= 15 is 0 Å². The first-order chi connectivity index (χ1) is 12.6. The van der Waals surface area contributed by atoms with Gasteiger partial charge in [-0.05, 0) is 57.5 Å². The summed E-state index contributed by atoms with van der Waals surface area (Å²) < 4.78 is 0. The molecule has 0 spiro atoms. The molecule has 1 nitrogen and oxygen atoms in total. The van der Waals surface area contributed by atoms with Gasteiger partial charge in [0.25, 0.3) is 0 Å². The van der Waals surface area contributed by atoms with E-state index in [0.29, 0.717) is 15.6 Å². The first-order valence-electron chi connectivity index (χ1n) is 8.21. The van der Waals surface area contributed by atoms with Gasteiger partial charge >= 0.3 is 0 Å². The number of fused-ring (bicyclic) bond motifs is 2. The van der Waals surface area contributed by atoms with Crippen LogP contribution in [0.4, 0.5) is 0 Å². The lowest BCUT2D eigenvalue weighted by Gasteiger charge is -2.09. The molecule has 0 aliphatic rings. The molecule has 4 aromatic rings. The molecule has 26 heavy (non-hydrogen) atoms. The second-order valence-corrected chi connectivity index (χ2v) is 6.90. The maximum Gasteiger partial charge on any atom is 0.187 e. The molecule has 0 radical (unpaired) electrons. The lowest BCUT2D eigenvalue weighted by molar-refractivity contribution is 0.105. The zero-order valence-corrected chi connectivity index (χ0v) is 15.3. The van der Waals surface area contributed by atoms with E-state index in [1.54, 1.807) is 30.4 Å². The summed E-state index contributed by atoms with van der Waals surface area (Å²) in [7, 11) is 0. The van der Waals surface area contributed by atoms with Gasteiger partial charge in [0, 0.05) is 15.6 Å². The van der Waals surface area contributed by atoms with Gasteiger partial charge in [0.1, 0.15) is 0 Å². The molecule has 0 saturated heterocycles. The van der Waals surface area contributed by atoms with E-state index in [9.17, 15) is 4.79 Å². The van der Waals surface area contributed by atoms with Crippen LogP contribution in [-0.4, -0.2) is 5.78 Å². The Morgan fingerprint density at radius 3 is 2.00 bits per heavy atom. The third-order valence-electron chi connectivity index (χ3n) is 4.39. The molecule has 0 aliphatic carbocycles. The van der Waals surface area contributed by atoms with Crippen molar-refractivity contribution in [3.8, 4) is 0 Å². The highest BCUT2D eigenvalue weighted by atomic mass is 35.5. The first-order valence-corrected chi connectivity index (χ1v) is 8.97. The van der Waals surface area contributed by atoms with Crippen LogP contribution in [0.5, 0.6) is 0 Å². The fourth-order valence-corrected chi connectivity index (χ4v) is 3.64. The molecule has 0 aromatic heterocycles. The van der Waals surface area contributed by atoms with Gasteiger partial charge in [-0.25, -0.2) is 0 Å². The standard InChI is InChI=1S/C23H14Cl2O/c24-18-11-9-15(21(25)14-18)10-12-22(26)23-19-7-3-1-5-16(19)13-17-6-2-4-8-20(17)23/h1-14H/b12-10+. The largest absolute Gasteiger partial charge is 0.289 e. The van der Waals surface area contributed by atoms with Crippen molar-refractivity contribution in [1.82, 2.24) is 0 Å². The average molecular weight is 377 g/mol. The fourth-order valence-electron chi connectivity index (χ4n) is 3.16. The highest BCUT2D eigenvalue weighted by molar-refractivity contribution is 6.35. The van der Waals surface area contributed by atoms with Crippen molar-refractivity contribution in [3.05, 3.63) is 100 Å². The molecule has 0 N–H and O–H groups in total. The minimum absolute atomic E-state index is 0.0518. The number of ketones is 1. The monoisotopic (exact) mass is 376 g/mol. The van der Waals surface area contributed by atoms with Gasteiger partial charge in [-0.1, -0.05) is 77.8 Å². The number of rotatable bonds is 3. The van der Waals surface area contributed by atoms with Crippen LogP contribution in [0.2, 0.25) is 10.0 Å². The Balaban J connectivity index is 1.86. The van der Waals surface area contributed by atoms with Crippen molar-refractivity contribution < 1.29 is 4.79 Å². The molecule has 0 heterocycles. The molecule has 0 saturated carbocycles. The smallest absolute Gasteiger partial charge is 0.187 e. The van der Waals surface area contributed by atoms with Crippen LogP contribution in [0.15, 0.2) is 78.9 Å². The number of hydrogen-bond acceptors (Lipinski definition) is 1. The number of carbonyl (C=O) groups is 1. The summed E-state index contributed by atoms with van der Waals surface area (Å²) >= 11 is 12.1. The molecule has 126 valence electrons. The van der Waals surface area contributed by atoms with Gasteiger partial charge in [0.05, 0.1) is 0 Å². The SMILES string of the molecule is O=C(/C=C/c1ccc(Cl)cc1Cl)c1c2ccccc2cc2ccccc12. The second kappa shape index (κ2) is 6.95. The quantitative estimate of drug-likeness (QED) is 0.210. The summed E-state index contributed by atoms with van der Waals surface area (Å²) in [6.45, 7) is 0. The molecule has 0 amide bonds. The van der Waals surface area contributed by atoms with Gasteiger partial charge in [0.2, 0.25) is 0 Å². The van der Waals surface area contributed by atoms with E-state index in [2.05, 4.69) is 6.07 Å². The Morgan fingerprint density at radius 1 is 0.769 bits per heavy atom. The van der Waals surface area contributed by atoms with E-state index in [-0.39, 0.29) is 5.78 Å². The predicted molar refractivity (Wildman–Crippen MR) is 111 cm³/mol. The molecule has 4 aromatic carbocycles. The van der Waals surface area contributed by atoms with Crippen molar-refractivity contribution in [1.29, 1.82) is 0 Å². The minimum Gasteiger partial charge on any atom is -0.289 e. The zero-order valence-electron chi connectivity index (χ0n) is 13.7. The van der Waals surface area contributed by atoms with Crippen LogP contribution in [0.25, 0.3) is 27.6 Å². The summed E-state index contributed by atoms with van der Waals surface area (Å²) in [5, 5.41) is 5.08. The summed E-state index contributed by atoms with van der Waals surface area (Å²) in [6.07, 6.45) is 3.31. The number of allylic oxidation sites excluding steroid dienone is 1. The lowest BCUT2D eigenvalue weighted by Crippen LogP contribution is -1.98. The predicted octanol–water partition coefficient (Wildman–Crippen LogP) is 7.20. The number of halogens is 2. The maximum absolute atomic E-state index is 13.1. The Morgan fingerprint density at radius 2 is 1.38 bits per heavy atom. The number of carbonyl (C=O) groups excluding carboxylic acids is 1. The molecule has 3 heteroatoms. The molecule has 0 atom stereocenters. The van der Waals surface area contributed by atoms with Crippen molar-refractivity contribution in [2.24, 2.45) is 0 Å². The van der Waals surface area contributed by atoms with E-state index in [0.717, 1.165) is 27.1 Å². The zero-order chi connectivity index (χ0) is 18.1. The Kier molecular flexibility index (Phi) is 4.50. The fraction of sp³-hybridized carbons (Fsp3) is 0. The third kappa shape index (κ3) is 3.12. The number of benzene rings is 4. The molecule has 0 bridgehead atoms. The lowest BCUT2D eigenvalue weighted by atomic mass is 9.94. The van der Waals surface area contributed by atoms with Crippen molar-refractivity contribution in [2.45, 2.75) is 0 Å². The van der Waals surface area contributed by atoms with Gasteiger partial charge in [0.15, 0.2) is 5.78 Å². The minimum atomic E-state index is -0.0518. The Hall–Kier alpha value is -2.61. The van der Waals surface area contributed by atoms with Gasteiger partial charge in [-0.2, -0.15) is 0 Å². The van der Waals surface area contributed by atoms with Gasteiger partial charge in [-0.15, -0.1) is 0 Å². The molecular weight excluding hydrogens is 363 g/mol. The summed E-state index contributed by atoms with van der Waals surface area (Å²) in [6, 6.07) is 23.2. The van der Waals surface area contributed by atoms with Crippen molar-refractivity contribution in [2.75, 3.05) is 0 Å². The summed E-state index contributed by atoms with van der Waals surface area (Å²) in [4.78, 5) is 13.1. The van der Waals surface area contributed by atoms with Crippen LogP contribution in [-0.2, 0) is 0 Å². The average Bonchev–Trinajstić information content (AvgIpc) is 2.65. The van der Waals surface area contributed by atoms with Gasteiger partial charge in [-0.3, -0.25) is 4.79 Å². The van der Waals surface area contributed by atoms with Crippen LogP contribution >= 0.6 is 23.2 Å². The number of hydrogen-bond donors (Lipinski definition) is 0. The van der Waals surface area contributed by atoms with E-state index in [1.807, 2.05) is 48.5 Å². The summed E-state index contributed by atoms with van der Waals surface area (Å²) in [5.41, 5.74) is 1.47. The van der Waals surface area contributed by atoms with Crippen LogP contribution in [0.1, 0.15) is 15.9 Å². The van der Waals surface area contributed by atoms with E-state index < -0.39 is 0 Å². The van der Waals surface area contributed by atoms with Gasteiger partial charge < -0.3 is 0 Å². The molecule has 0 fully saturated rings. The highest BCUT2D eigenvalue weighted by Gasteiger charge is 2.12. The van der Waals surface area contributed by atoms with E-state index in [4.69, 9.17) is 23.2 Å². The van der Waals surface area contributed by atoms with Crippen LogP contribution in [0.3, 0.4) is 0 Å². The third-order valence-corrected chi connectivity index (χ3v) is 4.96. The molecular formula is C23H14Cl2O. The maximum atomic E-state index is 13.1. The summed E-state index contributed by atoms with van der Waals surface area (Å²) in [5.74, 6) is -0.0518. The molecule has 0 unspecified atom stereocenters. The topological polar surface area (TPSA) is 17.1 Å². The second-order valence-electron chi connectivity index (χ2n) is 6.06. The Bertz CT molecular complexity index is 1120. The molecule has 4 rings (SSSR count). The molecule has 0 aliphatic heterocycles. The first kappa shape index (κ1) is 16.8. The van der Waals surface area contributed by atoms with Crippen molar-refractivity contribution in [3.63, 3.8) is 0 Å². The van der Waals surface area contributed by atoms with E-state index in [1.165, 1.54) is 0 Å². The normalized spacial score (nSPS) is 11.5. The van der Waals surface area contributed by atoms with Crippen LogP contribution < -0.4 is 0 Å². The van der Waals surface area contributed by atoms with Crippen molar-refractivity contribution >= 4 is 56.6 Å². The Labute approximate surface area is 161 Å².